The maximum Gasteiger partial charge on any atom is 0.419 e. The first kappa shape index (κ1) is 15.3. The summed E-state index contributed by atoms with van der Waals surface area (Å²) in [6, 6.07) is 2.13. The highest BCUT2D eigenvalue weighted by Crippen LogP contribution is 2.33. The molecule has 1 aromatic carbocycles. The molecule has 0 amide bonds. The topological polar surface area (TPSA) is 40.5 Å². The largest absolute Gasteiger partial charge is 0.419 e. The lowest BCUT2D eigenvalue weighted by Gasteiger charge is -2.18. The summed E-state index contributed by atoms with van der Waals surface area (Å²) in [4.78, 5) is 0. The summed E-state index contributed by atoms with van der Waals surface area (Å²) in [5, 5.41) is 19.1. The summed E-state index contributed by atoms with van der Waals surface area (Å²) in [7, 11) is 0. The fraction of sp³-hybridized carbons (Fsp3) is 0.455. The van der Waals surface area contributed by atoms with Crippen LogP contribution in [-0.2, 0) is 6.18 Å². The van der Waals surface area contributed by atoms with E-state index in [-0.39, 0.29) is 17.7 Å². The van der Waals surface area contributed by atoms with Gasteiger partial charge in [0.05, 0.1) is 11.7 Å². The second kappa shape index (κ2) is 5.90. The van der Waals surface area contributed by atoms with Gasteiger partial charge in [0.2, 0.25) is 0 Å². The van der Waals surface area contributed by atoms with Gasteiger partial charge >= 0.3 is 6.18 Å². The van der Waals surface area contributed by atoms with Crippen molar-refractivity contribution in [2.45, 2.75) is 24.8 Å². The number of rotatable bonds is 4. The molecule has 1 rings (SSSR count). The number of halogens is 4. The first-order chi connectivity index (χ1) is 8.27. The van der Waals surface area contributed by atoms with Crippen molar-refractivity contribution in [2.75, 3.05) is 5.75 Å². The molecule has 2 N–H and O–H groups in total. The number of aliphatic hydroxyl groups is 2. The molecule has 2 atom stereocenters. The predicted octanol–water partition coefficient (Wildman–Crippen LogP) is 2.56. The molecule has 0 bridgehead atoms. The number of hydrogen-bond acceptors (Lipinski definition) is 3. The normalized spacial score (nSPS) is 15.5. The Hall–Kier alpha value is -0.790. The third kappa shape index (κ3) is 3.60. The number of alkyl halides is 3. The number of hydrogen-bond donors (Lipinski definition) is 3. The highest BCUT2D eigenvalue weighted by Gasteiger charge is 2.35. The fourth-order valence-electron chi connectivity index (χ4n) is 1.46. The first-order valence-electron chi connectivity index (χ1n) is 5.11. The summed E-state index contributed by atoms with van der Waals surface area (Å²) >= 11 is 3.84. The molecule has 0 saturated heterocycles. The van der Waals surface area contributed by atoms with Crippen LogP contribution in [0.2, 0.25) is 0 Å². The summed E-state index contributed by atoms with van der Waals surface area (Å²) in [6.07, 6.45) is -7.47. The Morgan fingerprint density at radius 3 is 2.33 bits per heavy atom. The van der Waals surface area contributed by atoms with Gasteiger partial charge in [-0.1, -0.05) is 6.07 Å². The lowest BCUT2D eigenvalue weighted by molar-refractivity contribution is -0.140. The molecule has 0 aliphatic rings. The van der Waals surface area contributed by atoms with E-state index < -0.39 is 29.8 Å². The van der Waals surface area contributed by atoms with Gasteiger partial charge in [-0.2, -0.15) is 25.8 Å². The molecule has 0 aliphatic heterocycles. The van der Waals surface area contributed by atoms with E-state index in [0.717, 1.165) is 6.07 Å². The van der Waals surface area contributed by atoms with Crippen molar-refractivity contribution in [3.05, 3.63) is 35.1 Å². The second-order valence-corrected chi connectivity index (χ2v) is 4.21. The highest BCUT2D eigenvalue weighted by molar-refractivity contribution is 7.80. The van der Waals surface area contributed by atoms with Crippen LogP contribution in [0.4, 0.5) is 17.6 Å². The van der Waals surface area contributed by atoms with Crippen molar-refractivity contribution in [1.29, 1.82) is 0 Å². The van der Waals surface area contributed by atoms with E-state index in [1.807, 2.05) is 0 Å². The van der Waals surface area contributed by atoms with Crippen LogP contribution in [0.25, 0.3) is 0 Å². The van der Waals surface area contributed by atoms with Gasteiger partial charge in [0, 0.05) is 0 Å². The van der Waals surface area contributed by atoms with E-state index in [0.29, 0.717) is 12.1 Å². The van der Waals surface area contributed by atoms with Gasteiger partial charge in [0.1, 0.15) is 11.9 Å². The van der Waals surface area contributed by atoms with Crippen LogP contribution in [0, 0.1) is 5.82 Å². The number of benzene rings is 1. The van der Waals surface area contributed by atoms with Crippen LogP contribution in [0.1, 0.15) is 23.7 Å². The number of thiol groups is 1. The van der Waals surface area contributed by atoms with Gasteiger partial charge < -0.3 is 10.2 Å². The zero-order valence-electron chi connectivity index (χ0n) is 9.15. The zero-order chi connectivity index (χ0) is 13.9. The van der Waals surface area contributed by atoms with E-state index >= 15 is 0 Å². The van der Waals surface area contributed by atoms with Crippen molar-refractivity contribution in [1.82, 2.24) is 0 Å². The molecule has 2 nitrogen and oxygen atoms in total. The van der Waals surface area contributed by atoms with Crippen molar-refractivity contribution < 1.29 is 27.8 Å². The van der Waals surface area contributed by atoms with E-state index in [1.165, 1.54) is 0 Å². The van der Waals surface area contributed by atoms with Gasteiger partial charge in [0.25, 0.3) is 0 Å². The van der Waals surface area contributed by atoms with Crippen LogP contribution in [-0.4, -0.2) is 22.1 Å². The second-order valence-electron chi connectivity index (χ2n) is 3.76. The molecule has 7 heteroatoms. The summed E-state index contributed by atoms with van der Waals surface area (Å²) in [5.41, 5.74) is -1.64. The van der Waals surface area contributed by atoms with E-state index in [1.54, 1.807) is 0 Å². The van der Waals surface area contributed by atoms with Crippen molar-refractivity contribution >= 4 is 12.6 Å². The van der Waals surface area contributed by atoms with Gasteiger partial charge in [-0.05, 0) is 29.9 Å². The maximum absolute atomic E-state index is 13.0. The van der Waals surface area contributed by atoms with Gasteiger partial charge in [-0.15, -0.1) is 0 Å². The van der Waals surface area contributed by atoms with E-state index in [4.69, 9.17) is 0 Å². The summed E-state index contributed by atoms with van der Waals surface area (Å²) < 4.78 is 50.3. The quantitative estimate of drug-likeness (QED) is 0.587. The Balaban J connectivity index is 3.05. The Labute approximate surface area is 107 Å². The first-order valence-corrected chi connectivity index (χ1v) is 5.74. The molecular formula is C11H12F4O2S. The fourth-order valence-corrected chi connectivity index (χ4v) is 1.72. The molecule has 0 heterocycles. The van der Waals surface area contributed by atoms with Crippen LogP contribution < -0.4 is 0 Å². The smallest absolute Gasteiger partial charge is 0.390 e. The molecule has 0 saturated carbocycles. The molecule has 1 aromatic rings. The monoisotopic (exact) mass is 284 g/mol. The van der Waals surface area contributed by atoms with Crippen molar-refractivity contribution in [3.8, 4) is 0 Å². The Morgan fingerprint density at radius 2 is 1.83 bits per heavy atom. The number of aliphatic hydroxyl groups excluding tert-OH is 2. The molecule has 2 unspecified atom stereocenters. The van der Waals surface area contributed by atoms with E-state index in [9.17, 15) is 27.8 Å². The third-order valence-corrected chi connectivity index (χ3v) is 2.68. The molecule has 0 aliphatic carbocycles. The summed E-state index contributed by atoms with van der Waals surface area (Å²) in [5.74, 6) is -1.15. The van der Waals surface area contributed by atoms with Crippen LogP contribution in [0.15, 0.2) is 18.2 Å². The molecular weight excluding hydrogens is 272 g/mol. The lowest BCUT2D eigenvalue weighted by atomic mass is 10.00. The molecule has 0 aromatic heterocycles. The predicted molar refractivity (Wildman–Crippen MR) is 60.8 cm³/mol. The Kier molecular flexibility index (Phi) is 5.01. The van der Waals surface area contributed by atoms with Crippen LogP contribution >= 0.6 is 12.6 Å². The zero-order valence-corrected chi connectivity index (χ0v) is 10.0. The highest BCUT2D eigenvalue weighted by atomic mass is 32.1. The van der Waals surface area contributed by atoms with Gasteiger partial charge in [-0.25, -0.2) is 4.39 Å². The molecule has 0 fully saturated rings. The van der Waals surface area contributed by atoms with Gasteiger partial charge in [-0.3, -0.25) is 0 Å². The molecule has 0 spiro atoms. The minimum Gasteiger partial charge on any atom is -0.390 e. The SMILES string of the molecule is OC(CCS)C(O)c1ccc(F)c(C(F)(F)F)c1. The minimum atomic E-state index is -4.84. The minimum absolute atomic E-state index is 0.114. The van der Waals surface area contributed by atoms with Crippen LogP contribution in [0.3, 0.4) is 0 Å². The Bertz CT molecular complexity index is 409. The molecule has 18 heavy (non-hydrogen) atoms. The third-order valence-electron chi connectivity index (χ3n) is 2.43. The average molecular weight is 284 g/mol. The summed E-state index contributed by atoms with van der Waals surface area (Å²) in [6.45, 7) is 0. The lowest BCUT2D eigenvalue weighted by Crippen LogP contribution is -2.19. The van der Waals surface area contributed by atoms with Crippen LogP contribution in [0.5, 0.6) is 0 Å². The van der Waals surface area contributed by atoms with Gasteiger partial charge in [0.15, 0.2) is 0 Å². The average Bonchev–Trinajstić information content (AvgIpc) is 2.27. The molecule has 102 valence electrons. The standard InChI is InChI=1S/C11H12F4O2S/c12-8-2-1-6(5-7(8)11(13,14)15)10(17)9(16)3-4-18/h1-2,5,9-10,16-18H,3-4H2. The molecule has 0 radical (unpaired) electrons. The Morgan fingerprint density at radius 1 is 1.22 bits per heavy atom. The maximum atomic E-state index is 13.0. The van der Waals surface area contributed by atoms with Crippen molar-refractivity contribution in [3.63, 3.8) is 0 Å². The van der Waals surface area contributed by atoms with E-state index in [2.05, 4.69) is 12.6 Å². The van der Waals surface area contributed by atoms with Crippen molar-refractivity contribution in [2.24, 2.45) is 0 Å².